The Morgan fingerprint density at radius 3 is 2.71 bits per heavy atom. The monoisotopic (exact) mass is 335 g/mol. The molecule has 0 aromatic carbocycles. The van der Waals surface area contributed by atoms with Gasteiger partial charge in [0.15, 0.2) is 5.96 Å². The summed E-state index contributed by atoms with van der Waals surface area (Å²) in [5, 5.41) is 14.9. The summed E-state index contributed by atoms with van der Waals surface area (Å²) in [7, 11) is 1.83. The fourth-order valence-electron chi connectivity index (χ4n) is 3.23. The molecule has 0 bridgehead atoms. The second kappa shape index (κ2) is 10.3. The molecule has 0 aliphatic carbocycles. The van der Waals surface area contributed by atoms with Crippen molar-refractivity contribution in [3.05, 3.63) is 12.2 Å². The lowest BCUT2D eigenvalue weighted by Gasteiger charge is -2.32. The van der Waals surface area contributed by atoms with Gasteiger partial charge in [-0.15, -0.1) is 10.2 Å². The van der Waals surface area contributed by atoms with E-state index in [1.165, 1.54) is 38.9 Å². The first kappa shape index (κ1) is 18.7. The summed E-state index contributed by atoms with van der Waals surface area (Å²) in [5.74, 6) is 2.66. The summed E-state index contributed by atoms with van der Waals surface area (Å²) in [4.78, 5) is 6.90. The van der Waals surface area contributed by atoms with Gasteiger partial charge in [0.05, 0.1) is 0 Å². The van der Waals surface area contributed by atoms with Crippen molar-refractivity contribution in [3.8, 4) is 0 Å². The van der Waals surface area contributed by atoms with Gasteiger partial charge >= 0.3 is 0 Å². The number of hydrogen-bond acceptors (Lipinski definition) is 4. The molecule has 7 nitrogen and oxygen atoms in total. The molecule has 0 unspecified atom stereocenters. The van der Waals surface area contributed by atoms with Gasteiger partial charge in [0.25, 0.3) is 0 Å². The maximum Gasteiger partial charge on any atom is 0.191 e. The summed E-state index contributed by atoms with van der Waals surface area (Å²) in [6.45, 7) is 10.7. The van der Waals surface area contributed by atoms with E-state index in [0.29, 0.717) is 0 Å². The Morgan fingerprint density at radius 2 is 2.04 bits per heavy atom. The molecule has 0 saturated carbocycles. The molecular weight excluding hydrogens is 302 g/mol. The van der Waals surface area contributed by atoms with Crippen molar-refractivity contribution in [2.75, 3.05) is 39.8 Å². The fourth-order valence-corrected chi connectivity index (χ4v) is 3.23. The fraction of sp³-hybridized carbons (Fsp3) is 0.824. The van der Waals surface area contributed by atoms with Gasteiger partial charge in [0, 0.05) is 33.1 Å². The van der Waals surface area contributed by atoms with E-state index in [9.17, 15) is 0 Å². The van der Waals surface area contributed by atoms with Crippen molar-refractivity contribution in [2.24, 2.45) is 10.9 Å². The number of aliphatic imine (C=N–C) groups is 1. The van der Waals surface area contributed by atoms with E-state index in [0.717, 1.165) is 43.8 Å². The Hall–Kier alpha value is -1.63. The highest BCUT2D eigenvalue weighted by atomic mass is 15.3. The maximum atomic E-state index is 4.32. The Kier molecular flexibility index (Phi) is 8.01. The highest BCUT2D eigenvalue weighted by Gasteiger charge is 2.18. The van der Waals surface area contributed by atoms with E-state index in [2.05, 4.69) is 49.1 Å². The molecule has 1 saturated heterocycles. The zero-order valence-corrected chi connectivity index (χ0v) is 15.5. The second-order valence-corrected chi connectivity index (χ2v) is 6.46. The molecule has 24 heavy (non-hydrogen) atoms. The summed E-state index contributed by atoms with van der Waals surface area (Å²) >= 11 is 0. The average molecular weight is 336 g/mol. The molecule has 1 aromatic rings. The minimum absolute atomic E-state index is 0.751. The quantitative estimate of drug-likeness (QED) is 0.550. The molecule has 7 heteroatoms. The van der Waals surface area contributed by atoms with Crippen LogP contribution >= 0.6 is 0 Å². The summed E-state index contributed by atoms with van der Waals surface area (Å²) in [6.07, 6.45) is 6.52. The van der Waals surface area contributed by atoms with E-state index in [1.54, 1.807) is 6.33 Å². The molecule has 0 atom stereocenters. The Bertz CT molecular complexity index is 489. The molecule has 1 fully saturated rings. The van der Waals surface area contributed by atoms with Gasteiger partial charge in [-0.2, -0.15) is 0 Å². The number of aromatic nitrogens is 3. The maximum absolute atomic E-state index is 4.32. The Labute approximate surface area is 145 Å². The molecular formula is C17H33N7. The van der Waals surface area contributed by atoms with Gasteiger partial charge in [-0.3, -0.25) is 4.99 Å². The van der Waals surface area contributed by atoms with Crippen LogP contribution in [0.25, 0.3) is 0 Å². The van der Waals surface area contributed by atoms with Crippen LogP contribution in [0.15, 0.2) is 11.3 Å². The molecule has 2 heterocycles. The van der Waals surface area contributed by atoms with Crippen molar-refractivity contribution in [1.82, 2.24) is 30.3 Å². The topological polar surface area (TPSA) is 70.4 Å². The van der Waals surface area contributed by atoms with Crippen molar-refractivity contribution < 1.29 is 0 Å². The van der Waals surface area contributed by atoms with Crippen LogP contribution in [0.2, 0.25) is 0 Å². The number of guanidine groups is 1. The van der Waals surface area contributed by atoms with Crippen molar-refractivity contribution in [3.63, 3.8) is 0 Å². The van der Waals surface area contributed by atoms with Crippen LogP contribution in [-0.2, 0) is 13.0 Å². The lowest BCUT2D eigenvalue weighted by atomic mass is 9.97. The van der Waals surface area contributed by atoms with Crippen LogP contribution in [0, 0.1) is 5.92 Å². The summed E-state index contributed by atoms with van der Waals surface area (Å²) < 4.78 is 2.09. The van der Waals surface area contributed by atoms with E-state index < -0.39 is 0 Å². The van der Waals surface area contributed by atoms with Crippen LogP contribution in [0.3, 0.4) is 0 Å². The van der Waals surface area contributed by atoms with Crippen LogP contribution in [-0.4, -0.2) is 65.4 Å². The molecule has 1 aromatic heterocycles. The SMILES string of the molecule is CCCN1CCC(CNC(=NC)NCCn2cnnc2CC)CC1. The minimum Gasteiger partial charge on any atom is -0.356 e. The predicted octanol–water partition coefficient (Wildman–Crippen LogP) is 1.13. The molecule has 1 aliphatic rings. The third-order valence-corrected chi connectivity index (χ3v) is 4.69. The number of nitrogens with zero attached hydrogens (tertiary/aromatic N) is 5. The molecule has 2 rings (SSSR count). The smallest absolute Gasteiger partial charge is 0.191 e. The van der Waals surface area contributed by atoms with E-state index in [1.807, 2.05) is 7.05 Å². The number of nitrogens with one attached hydrogen (secondary N) is 2. The van der Waals surface area contributed by atoms with Gasteiger partial charge in [-0.1, -0.05) is 13.8 Å². The number of rotatable bonds is 8. The van der Waals surface area contributed by atoms with Crippen LogP contribution < -0.4 is 10.6 Å². The standard InChI is InChI=1S/C17H33N7/c1-4-9-23-10-6-15(7-11-23)13-20-17(18-3)19-8-12-24-14-21-22-16(24)5-2/h14-15H,4-13H2,1-3H3,(H2,18,19,20). The lowest BCUT2D eigenvalue weighted by Crippen LogP contribution is -2.43. The first-order valence-electron chi connectivity index (χ1n) is 9.30. The minimum atomic E-state index is 0.751. The van der Waals surface area contributed by atoms with Gasteiger partial charge in [0.2, 0.25) is 0 Å². The van der Waals surface area contributed by atoms with Crippen LogP contribution in [0.1, 0.15) is 38.9 Å². The molecule has 0 amide bonds. The van der Waals surface area contributed by atoms with Gasteiger partial charge in [-0.05, 0) is 44.8 Å². The van der Waals surface area contributed by atoms with Crippen molar-refractivity contribution in [2.45, 2.75) is 46.1 Å². The zero-order valence-electron chi connectivity index (χ0n) is 15.5. The van der Waals surface area contributed by atoms with E-state index >= 15 is 0 Å². The number of likely N-dealkylation sites (tertiary alicyclic amines) is 1. The Morgan fingerprint density at radius 1 is 1.25 bits per heavy atom. The third kappa shape index (κ3) is 5.78. The van der Waals surface area contributed by atoms with Gasteiger partial charge in [0.1, 0.15) is 12.2 Å². The highest BCUT2D eigenvalue weighted by molar-refractivity contribution is 5.79. The molecule has 2 N–H and O–H groups in total. The Balaban J connectivity index is 1.64. The second-order valence-electron chi connectivity index (χ2n) is 6.46. The largest absolute Gasteiger partial charge is 0.356 e. The number of piperidine rings is 1. The summed E-state index contributed by atoms with van der Waals surface area (Å²) in [5.41, 5.74) is 0. The number of hydrogen-bond donors (Lipinski definition) is 2. The van der Waals surface area contributed by atoms with E-state index in [-0.39, 0.29) is 0 Å². The first-order chi connectivity index (χ1) is 11.8. The molecule has 0 spiro atoms. The van der Waals surface area contributed by atoms with Gasteiger partial charge in [-0.25, -0.2) is 0 Å². The predicted molar refractivity (Wildman–Crippen MR) is 98.2 cm³/mol. The van der Waals surface area contributed by atoms with E-state index in [4.69, 9.17) is 0 Å². The van der Waals surface area contributed by atoms with Crippen LogP contribution in [0.5, 0.6) is 0 Å². The number of aryl methyl sites for hydroxylation is 1. The lowest BCUT2D eigenvalue weighted by molar-refractivity contribution is 0.185. The van der Waals surface area contributed by atoms with Crippen molar-refractivity contribution in [1.29, 1.82) is 0 Å². The zero-order chi connectivity index (χ0) is 17.2. The molecule has 136 valence electrons. The van der Waals surface area contributed by atoms with Crippen molar-refractivity contribution >= 4 is 5.96 Å². The molecule has 1 aliphatic heterocycles. The van der Waals surface area contributed by atoms with Crippen LogP contribution in [0.4, 0.5) is 0 Å². The van der Waals surface area contributed by atoms with Gasteiger partial charge < -0.3 is 20.1 Å². The highest BCUT2D eigenvalue weighted by Crippen LogP contribution is 2.16. The average Bonchev–Trinajstić information content (AvgIpc) is 3.07. The third-order valence-electron chi connectivity index (χ3n) is 4.69. The normalized spacial score (nSPS) is 17.2. The molecule has 0 radical (unpaired) electrons. The summed E-state index contributed by atoms with van der Waals surface area (Å²) in [6, 6.07) is 0. The first-order valence-corrected chi connectivity index (χ1v) is 9.30.